The molecule has 1 atom stereocenters. The summed E-state index contributed by atoms with van der Waals surface area (Å²) >= 11 is 0. The van der Waals surface area contributed by atoms with Crippen molar-refractivity contribution in [2.24, 2.45) is 16.8 Å². The van der Waals surface area contributed by atoms with Gasteiger partial charge < -0.3 is 24.8 Å². The van der Waals surface area contributed by atoms with E-state index in [0.29, 0.717) is 18.4 Å². The van der Waals surface area contributed by atoms with Crippen LogP contribution in [0.15, 0.2) is 4.99 Å². The minimum absolute atomic E-state index is 0. The molecule has 0 saturated carbocycles. The predicted molar refractivity (Wildman–Crippen MR) is 135 cm³/mol. The van der Waals surface area contributed by atoms with Crippen LogP contribution in [0, 0.1) is 11.8 Å². The number of guanidine groups is 1. The smallest absolute Gasteiger partial charge is 0.410 e. The van der Waals surface area contributed by atoms with Crippen molar-refractivity contribution in [1.82, 2.24) is 20.0 Å². The molecule has 0 aromatic rings. The van der Waals surface area contributed by atoms with Crippen LogP contribution in [0.25, 0.3) is 0 Å². The molecule has 1 N–H and O–H groups in total. The van der Waals surface area contributed by atoms with Crippen molar-refractivity contribution in [2.45, 2.75) is 59.0 Å². The average Bonchev–Trinajstić information content (AvgIpc) is 2.66. The number of amides is 1. The van der Waals surface area contributed by atoms with Crippen molar-refractivity contribution < 1.29 is 9.53 Å². The van der Waals surface area contributed by atoms with Crippen LogP contribution in [-0.2, 0) is 4.74 Å². The number of hydrogen-bond acceptors (Lipinski definition) is 4. The van der Waals surface area contributed by atoms with Crippen LogP contribution in [-0.4, -0.2) is 92.3 Å². The zero-order chi connectivity index (χ0) is 21.4. The van der Waals surface area contributed by atoms with Gasteiger partial charge in [-0.15, -0.1) is 24.0 Å². The van der Waals surface area contributed by atoms with Gasteiger partial charge in [0.25, 0.3) is 0 Å². The second kappa shape index (κ2) is 12.9. The van der Waals surface area contributed by atoms with Gasteiger partial charge >= 0.3 is 6.09 Å². The molecule has 2 rings (SSSR count). The molecule has 2 aliphatic rings. The molecule has 2 heterocycles. The molecule has 0 aliphatic carbocycles. The molecule has 30 heavy (non-hydrogen) atoms. The molecule has 2 aliphatic heterocycles. The molecule has 0 spiro atoms. The highest BCUT2D eigenvalue weighted by Crippen LogP contribution is 2.20. The summed E-state index contributed by atoms with van der Waals surface area (Å²) < 4.78 is 5.55. The second-order valence-corrected chi connectivity index (χ2v) is 9.65. The molecular weight excluding hydrogens is 493 g/mol. The van der Waals surface area contributed by atoms with Gasteiger partial charge in [0, 0.05) is 46.3 Å². The highest BCUT2D eigenvalue weighted by molar-refractivity contribution is 14.0. The second-order valence-electron chi connectivity index (χ2n) is 9.65. The zero-order valence-corrected chi connectivity index (χ0v) is 22.3. The van der Waals surface area contributed by atoms with Crippen molar-refractivity contribution in [3.05, 3.63) is 0 Å². The van der Waals surface area contributed by atoms with E-state index in [9.17, 15) is 4.79 Å². The lowest BCUT2D eigenvalue weighted by molar-refractivity contribution is 0.0214. The van der Waals surface area contributed by atoms with Gasteiger partial charge in [-0.3, -0.25) is 4.99 Å². The first-order valence-electron chi connectivity index (χ1n) is 11.3. The Balaban J connectivity index is 0.00000450. The molecule has 7 nitrogen and oxygen atoms in total. The number of carbonyl (C=O) groups is 1. The Hall–Kier alpha value is -0.770. The monoisotopic (exact) mass is 537 g/mol. The number of rotatable bonds is 5. The molecule has 1 amide bonds. The van der Waals surface area contributed by atoms with E-state index in [0.717, 1.165) is 45.0 Å². The minimum atomic E-state index is -0.445. The van der Waals surface area contributed by atoms with Gasteiger partial charge in [0.2, 0.25) is 0 Å². The van der Waals surface area contributed by atoms with Crippen LogP contribution < -0.4 is 5.32 Å². The quantitative estimate of drug-likeness (QED) is 0.331. The molecule has 0 radical (unpaired) electrons. The molecule has 2 saturated heterocycles. The van der Waals surface area contributed by atoms with Crippen molar-refractivity contribution >= 4 is 36.0 Å². The van der Waals surface area contributed by atoms with Gasteiger partial charge in [0.15, 0.2) is 5.96 Å². The third kappa shape index (κ3) is 9.16. The number of ether oxygens (including phenoxy) is 1. The van der Waals surface area contributed by atoms with Crippen molar-refractivity contribution in [3.8, 4) is 0 Å². The Bertz CT molecular complexity index is 544. The van der Waals surface area contributed by atoms with E-state index in [-0.39, 0.29) is 30.1 Å². The molecule has 8 heteroatoms. The SMILES string of the molecule is CCN(CC1CCN(C(=NC)NCC2CCCN(C)C2)CC1)C(=O)OC(C)(C)C.I. The summed E-state index contributed by atoms with van der Waals surface area (Å²) in [5, 5.41) is 3.60. The maximum absolute atomic E-state index is 12.4. The molecular formula is C22H44IN5O2. The lowest BCUT2D eigenvalue weighted by atomic mass is 9.96. The zero-order valence-electron chi connectivity index (χ0n) is 19.9. The van der Waals surface area contributed by atoms with E-state index in [1.54, 1.807) is 0 Å². The predicted octanol–water partition coefficient (Wildman–Crippen LogP) is 3.49. The number of nitrogens with zero attached hydrogens (tertiary/aromatic N) is 4. The summed E-state index contributed by atoms with van der Waals surface area (Å²) in [4.78, 5) is 23.6. The van der Waals surface area contributed by atoms with E-state index in [1.807, 2.05) is 39.6 Å². The lowest BCUT2D eigenvalue weighted by Gasteiger charge is -2.37. The highest BCUT2D eigenvalue weighted by Gasteiger charge is 2.27. The molecule has 0 aromatic carbocycles. The van der Waals surface area contributed by atoms with Crippen LogP contribution in [0.1, 0.15) is 53.4 Å². The molecule has 2 fully saturated rings. The molecule has 0 bridgehead atoms. The third-order valence-electron chi connectivity index (χ3n) is 5.91. The number of halogens is 1. The summed E-state index contributed by atoms with van der Waals surface area (Å²) in [5.74, 6) is 2.25. The Kier molecular flexibility index (Phi) is 11.8. The van der Waals surface area contributed by atoms with Crippen LogP contribution in [0.4, 0.5) is 4.79 Å². The van der Waals surface area contributed by atoms with E-state index < -0.39 is 5.60 Å². The standard InChI is InChI=1S/C22H43N5O2.HI/c1-7-26(21(28)29-22(2,3)4)17-18-10-13-27(14-11-18)20(23-5)24-15-19-9-8-12-25(6)16-19;/h18-19H,7-17H2,1-6H3,(H,23,24);1H. The van der Waals surface area contributed by atoms with E-state index >= 15 is 0 Å². The van der Waals surface area contributed by atoms with Crippen molar-refractivity contribution in [1.29, 1.82) is 0 Å². The minimum Gasteiger partial charge on any atom is -0.444 e. The fraction of sp³-hybridized carbons (Fsp3) is 0.909. The van der Waals surface area contributed by atoms with Crippen LogP contribution in [0.5, 0.6) is 0 Å². The highest BCUT2D eigenvalue weighted by atomic mass is 127. The maximum Gasteiger partial charge on any atom is 0.410 e. The number of carbonyl (C=O) groups excluding carboxylic acids is 1. The number of likely N-dealkylation sites (tertiary alicyclic amines) is 2. The van der Waals surface area contributed by atoms with Gasteiger partial charge in [-0.25, -0.2) is 4.79 Å². The van der Waals surface area contributed by atoms with E-state index in [1.165, 1.54) is 25.9 Å². The van der Waals surface area contributed by atoms with Crippen LogP contribution >= 0.6 is 24.0 Å². The van der Waals surface area contributed by atoms with Gasteiger partial charge in [0.1, 0.15) is 5.60 Å². The largest absolute Gasteiger partial charge is 0.444 e. The van der Waals surface area contributed by atoms with Gasteiger partial charge in [-0.1, -0.05) is 0 Å². The molecule has 0 aromatic heterocycles. The fourth-order valence-electron chi connectivity index (χ4n) is 4.31. The average molecular weight is 538 g/mol. The first kappa shape index (κ1) is 27.3. The molecule has 1 unspecified atom stereocenters. The normalized spacial score (nSPS) is 21.7. The fourth-order valence-corrected chi connectivity index (χ4v) is 4.31. The Morgan fingerprint density at radius 3 is 2.37 bits per heavy atom. The molecule has 176 valence electrons. The summed E-state index contributed by atoms with van der Waals surface area (Å²) in [5.41, 5.74) is -0.445. The van der Waals surface area contributed by atoms with Gasteiger partial charge in [0.05, 0.1) is 0 Å². The number of nitrogens with one attached hydrogen (secondary N) is 1. The Labute approximate surface area is 201 Å². The first-order valence-corrected chi connectivity index (χ1v) is 11.3. The first-order chi connectivity index (χ1) is 13.7. The Morgan fingerprint density at radius 2 is 1.83 bits per heavy atom. The maximum atomic E-state index is 12.4. The topological polar surface area (TPSA) is 60.4 Å². The van der Waals surface area contributed by atoms with E-state index in [4.69, 9.17) is 4.74 Å². The Morgan fingerprint density at radius 1 is 1.17 bits per heavy atom. The van der Waals surface area contributed by atoms with Crippen molar-refractivity contribution in [2.75, 3.05) is 59.9 Å². The summed E-state index contributed by atoms with van der Waals surface area (Å²) in [7, 11) is 4.09. The van der Waals surface area contributed by atoms with E-state index in [2.05, 4.69) is 27.2 Å². The summed E-state index contributed by atoms with van der Waals surface area (Å²) in [6.45, 7) is 14.6. The van der Waals surface area contributed by atoms with Crippen LogP contribution in [0.2, 0.25) is 0 Å². The number of aliphatic imine (C=N–C) groups is 1. The lowest BCUT2D eigenvalue weighted by Crippen LogP contribution is -2.49. The third-order valence-corrected chi connectivity index (χ3v) is 5.91. The van der Waals surface area contributed by atoms with Gasteiger partial charge in [-0.05, 0) is 78.8 Å². The summed E-state index contributed by atoms with van der Waals surface area (Å²) in [6, 6.07) is 0. The summed E-state index contributed by atoms with van der Waals surface area (Å²) in [6.07, 6.45) is 4.54. The van der Waals surface area contributed by atoms with Crippen molar-refractivity contribution in [3.63, 3.8) is 0 Å². The van der Waals surface area contributed by atoms with Gasteiger partial charge in [-0.2, -0.15) is 0 Å². The number of hydrogen-bond donors (Lipinski definition) is 1. The number of piperidine rings is 2. The van der Waals surface area contributed by atoms with Crippen LogP contribution in [0.3, 0.4) is 0 Å².